The first-order valence-electron chi connectivity index (χ1n) is 5.66. The van der Waals surface area contributed by atoms with Crippen LogP contribution >= 0.6 is 11.6 Å². The number of furan rings is 1. The number of carbonyl (C=O) groups is 1. The van der Waals surface area contributed by atoms with Crippen LogP contribution in [0, 0.1) is 6.92 Å². The van der Waals surface area contributed by atoms with Crippen molar-refractivity contribution >= 4 is 17.6 Å². The molecular weight excluding hydrogens is 268 g/mol. The lowest BCUT2D eigenvalue weighted by atomic mass is 10.2. The Balaban J connectivity index is 2.11. The molecule has 0 fully saturated rings. The molecule has 0 saturated carbocycles. The van der Waals surface area contributed by atoms with E-state index >= 15 is 0 Å². The number of esters is 1. The summed E-state index contributed by atoms with van der Waals surface area (Å²) in [6.45, 7) is 2.13. The second-order valence-corrected chi connectivity index (χ2v) is 4.43. The molecule has 19 heavy (non-hydrogen) atoms. The van der Waals surface area contributed by atoms with Gasteiger partial charge in [0.05, 0.1) is 0 Å². The van der Waals surface area contributed by atoms with E-state index < -0.39 is 5.97 Å². The van der Waals surface area contributed by atoms with Crippen molar-refractivity contribution in [3.63, 3.8) is 0 Å². The van der Waals surface area contributed by atoms with Crippen molar-refractivity contribution in [2.24, 2.45) is 0 Å². The maximum atomic E-state index is 11.9. The first-order chi connectivity index (χ1) is 9.10. The first-order valence-corrected chi connectivity index (χ1v) is 6.04. The Kier molecular flexibility index (Phi) is 4.24. The van der Waals surface area contributed by atoms with Gasteiger partial charge < -0.3 is 13.9 Å². The molecule has 2 aromatic rings. The van der Waals surface area contributed by atoms with E-state index in [-0.39, 0.29) is 5.76 Å². The van der Waals surface area contributed by atoms with Crippen molar-refractivity contribution in [3.8, 4) is 5.75 Å². The van der Waals surface area contributed by atoms with Gasteiger partial charge in [-0.25, -0.2) is 4.79 Å². The van der Waals surface area contributed by atoms with Crippen LogP contribution in [0.25, 0.3) is 0 Å². The largest absolute Gasteiger partial charge is 0.452 e. The average molecular weight is 281 g/mol. The summed E-state index contributed by atoms with van der Waals surface area (Å²) in [5, 5.41) is 0.595. The smallest absolute Gasteiger partial charge is 0.379 e. The third-order valence-corrected chi connectivity index (χ3v) is 2.72. The van der Waals surface area contributed by atoms with Gasteiger partial charge in [0.2, 0.25) is 5.76 Å². The first kappa shape index (κ1) is 13.6. The molecule has 1 aromatic heterocycles. The minimum Gasteiger partial charge on any atom is -0.452 e. The molecule has 1 aromatic carbocycles. The van der Waals surface area contributed by atoms with Crippen LogP contribution in [0.3, 0.4) is 0 Å². The summed E-state index contributed by atoms with van der Waals surface area (Å²) < 4.78 is 15.5. The Hall–Kier alpha value is -1.78. The van der Waals surface area contributed by atoms with Gasteiger partial charge in [-0.05, 0) is 42.8 Å². The Morgan fingerprint density at radius 1 is 1.32 bits per heavy atom. The van der Waals surface area contributed by atoms with Crippen LogP contribution in [-0.4, -0.2) is 13.1 Å². The zero-order valence-corrected chi connectivity index (χ0v) is 11.4. The normalized spacial score (nSPS) is 10.5. The number of methoxy groups -OCH3 is 1. The van der Waals surface area contributed by atoms with E-state index in [4.69, 9.17) is 25.5 Å². The van der Waals surface area contributed by atoms with Crippen molar-refractivity contribution in [1.29, 1.82) is 0 Å². The maximum absolute atomic E-state index is 11.9. The van der Waals surface area contributed by atoms with E-state index in [0.29, 0.717) is 23.1 Å². The molecule has 0 bridgehead atoms. The zero-order chi connectivity index (χ0) is 13.8. The predicted octanol–water partition coefficient (Wildman–Crippen LogP) is 3.61. The Bertz CT molecular complexity index is 589. The fraction of sp³-hybridized carbons (Fsp3) is 0.214. The average Bonchev–Trinajstić information content (AvgIpc) is 2.82. The van der Waals surface area contributed by atoms with Crippen LogP contribution in [0.15, 0.2) is 34.7 Å². The van der Waals surface area contributed by atoms with Gasteiger partial charge in [-0.15, -0.1) is 0 Å². The quantitative estimate of drug-likeness (QED) is 0.634. The third kappa shape index (κ3) is 3.36. The minimum absolute atomic E-state index is 0.140. The SMILES string of the molecule is COCc1ccc(C(=O)Oc2ccc(Cl)cc2C)o1. The number of hydrogen-bond donors (Lipinski definition) is 0. The molecule has 0 aliphatic heterocycles. The van der Waals surface area contributed by atoms with Gasteiger partial charge in [0, 0.05) is 12.1 Å². The van der Waals surface area contributed by atoms with Crippen LogP contribution in [0.2, 0.25) is 5.02 Å². The number of aryl methyl sites for hydroxylation is 1. The summed E-state index contributed by atoms with van der Waals surface area (Å²) in [4.78, 5) is 11.9. The Morgan fingerprint density at radius 3 is 2.79 bits per heavy atom. The molecule has 100 valence electrons. The van der Waals surface area contributed by atoms with Crippen molar-refractivity contribution in [1.82, 2.24) is 0 Å². The molecule has 1 heterocycles. The standard InChI is InChI=1S/C14H13ClO4/c1-9-7-10(15)3-5-12(9)19-14(16)13-6-4-11(18-13)8-17-2/h3-7H,8H2,1-2H3. The number of rotatable bonds is 4. The molecule has 4 nitrogen and oxygen atoms in total. The van der Waals surface area contributed by atoms with E-state index in [1.165, 1.54) is 0 Å². The number of ether oxygens (including phenoxy) is 2. The van der Waals surface area contributed by atoms with Gasteiger partial charge >= 0.3 is 5.97 Å². The van der Waals surface area contributed by atoms with E-state index in [9.17, 15) is 4.79 Å². The van der Waals surface area contributed by atoms with Gasteiger partial charge in [0.25, 0.3) is 0 Å². The minimum atomic E-state index is -0.548. The van der Waals surface area contributed by atoms with Crippen molar-refractivity contribution < 1.29 is 18.7 Å². The van der Waals surface area contributed by atoms with Crippen LogP contribution in [-0.2, 0) is 11.3 Å². The van der Waals surface area contributed by atoms with Crippen LogP contribution in [0.4, 0.5) is 0 Å². The maximum Gasteiger partial charge on any atom is 0.379 e. The summed E-state index contributed by atoms with van der Waals surface area (Å²) in [7, 11) is 1.55. The molecule has 0 aliphatic rings. The molecule has 0 N–H and O–H groups in total. The Labute approximate surface area is 115 Å². The van der Waals surface area contributed by atoms with Crippen molar-refractivity contribution in [3.05, 3.63) is 52.4 Å². The molecule has 0 radical (unpaired) electrons. The van der Waals surface area contributed by atoms with Gasteiger partial charge in [0.1, 0.15) is 18.1 Å². The molecule has 0 amide bonds. The topological polar surface area (TPSA) is 48.7 Å². The predicted molar refractivity (Wildman–Crippen MR) is 70.6 cm³/mol. The Morgan fingerprint density at radius 2 is 2.11 bits per heavy atom. The monoisotopic (exact) mass is 280 g/mol. The summed E-state index contributed by atoms with van der Waals surface area (Å²) in [6, 6.07) is 8.27. The lowest BCUT2D eigenvalue weighted by molar-refractivity contribution is 0.0692. The number of benzene rings is 1. The lowest BCUT2D eigenvalue weighted by Gasteiger charge is -2.06. The van der Waals surface area contributed by atoms with E-state index in [1.54, 1.807) is 37.4 Å². The number of halogens is 1. The van der Waals surface area contributed by atoms with Gasteiger partial charge in [-0.3, -0.25) is 0 Å². The van der Waals surface area contributed by atoms with E-state index in [2.05, 4.69) is 0 Å². The van der Waals surface area contributed by atoms with Crippen molar-refractivity contribution in [2.75, 3.05) is 7.11 Å². The molecule has 2 rings (SSSR count). The summed E-state index contributed by atoms with van der Waals surface area (Å²) >= 11 is 5.84. The third-order valence-electron chi connectivity index (χ3n) is 2.49. The molecule has 0 spiro atoms. The highest BCUT2D eigenvalue weighted by Gasteiger charge is 2.15. The fourth-order valence-corrected chi connectivity index (χ4v) is 1.81. The molecule has 0 saturated heterocycles. The molecular formula is C14H13ClO4. The molecule has 5 heteroatoms. The van der Waals surface area contributed by atoms with Gasteiger partial charge in [0.15, 0.2) is 0 Å². The van der Waals surface area contributed by atoms with Gasteiger partial charge in [-0.1, -0.05) is 11.6 Å². The lowest BCUT2D eigenvalue weighted by Crippen LogP contribution is -2.08. The summed E-state index contributed by atoms with van der Waals surface area (Å²) in [5.74, 6) is 0.621. The highest BCUT2D eigenvalue weighted by Crippen LogP contribution is 2.23. The van der Waals surface area contributed by atoms with Gasteiger partial charge in [-0.2, -0.15) is 0 Å². The highest BCUT2D eigenvalue weighted by atomic mass is 35.5. The van der Waals surface area contributed by atoms with Crippen LogP contribution in [0.5, 0.6) is 5.75 Å². The summed E-state index contributed by atoms with van der Waals surface area (Å²) in [5.41, 5.74) is 0.782. The van der Waals surface area contributed by atoms with Crippen LogP contribution < -0.4 is 4.74 Å². The molecule has 0 unspecified atom stereocenters. The zero-order valence-electron chi connectivity index (χ0n) is 10.6. The second-order valence-electron chi connectivity index (χ2n) is 4.00. The molecule has 0 aliphatic carbocycles. The fourth-order valence-electron chi connectivity index (χ4n) is 1.58. The van der Waals surface area contributed by atoms with Crippen molar-refractivity contribution in [2.45, 2.75) is 13.5 Å². The highest BCUT2D eigenvalue weighted by molar-refractivity contribution is 6.30. The number of hydrogen-bond acceptors (Lipinski definition) is 4. The van der Waals surface area contributed by atoms with E-state index in [0.717, 1.165) is 5.56 Å². The molecule has 0 atom stereocenters. The van der Waals surface area contributed by atoms with Crippen LogP contribution in [0.1, 0.15) is 21.9 Å². The second kappa shape index (κ2) is 5.91. The summed E-state index contributed by atoms with van der Waals surface area (Å²) in [6.07, 6.45) is 0. The van der Waals surface area contributed by atoms with E-state index in [1.807, 2.05) is 6.92 Å². The number of carbonyl (C=O) groups excluding carboxylic acids is 1.